The van der Waals surface area contributed by atoms with Crippen molar-refractivity contribution in [2.75, 3.05) is 60.5 Å². The average molecular weight is 460 g/mol. The molecule has 2 fully saturated rings. The van der Waals surface area contributed by atoms with Crippen molar-refractivity contribution in [3.8, 4) is 6.07 Å². The van der Waals surface area contributed by atoms with Crippen molar-refractivity contribution >= 4 is 11.6 Å². The van der Waals surface area contributed by atoms with E-state index < -0.39 is 17.6 Å². The number of amides is 1. The molecule has 3 aliphatic rings. The fourth-order valence-corrected chi connectivity index (χ4v) is 6.68. The van der Waals surface area contributed by atoms with Crippen molar-refractivity contribution in [2.24, 2.45) is 23.2 Å². The SMILES string of the molecule is COCOC[C@@H]1[C@@H]2[C@H]([C@H]3C(=O)N(OC)c4ccccc43)[C@@](C#N)(CN2C)[C@H]1CC(OC)OC. The van der Waals surface area contributed by atoms with E-state index in [4.69, 9.17) is 23.8 Å². The number of carbonyl (C=O) groups is 1. The van der Waals surface area contributed by atoms with Gasteiger partial charge in [-0.2, -0.15) is 10.3 Å². The number of ether oxygens (including phenoxy) is 4. The largest absolute Gasteiger partial charge is 0.359 e. The molecule has 0 N–H and O–H groups in total. The van der Waals surface area contributed by atoms with Crippen molar-refractivity contribution in [1.29, 1.82) is 5.26 Å². The topological polar surface area (TPSA) is 93.5 Å². The highest BCUT2D eigenvalue weighted by Gasteiger charge is 2.70. The van der Waals surface area contributed by atoms with Crippen LogP contribution in [0.3, 0.4) is 0 Å². The number of para-hydroxylation sites is 1. The summed E-state index contributed by atoms with van der Waals surface area (Å²) < 4.78 is 22.0. The van der Waals surface area contributed by atoms with E-state index in [0.29, 0.717) is 19.6 Å². The van der Waals surface area contributed by atoms with Crippen LogP contribution in [0, 0.1) is 34.5 Å². The fourth-order valence-electron chi connectivity index (χ4n) is 6.68. The van der Waals surface area contributed by atoms with E-state index in [1.54, 1.807) is 21.3 Å². The molecule has 4 rings (SSSR count). The molecule has 1 aliphatic carbocycles. The number of benzene rings is 1. The van der Waals surface area contributed by atoms with Gasteiger partial charge in [-0.05, 0) is 24.6 Å². The van der Waals surface area contributed by atoms with E-state index in [1.165, 1.54) is 12.2 Å². The van der Waals surface area contributed by atoms with Crippen LogP contribution in [0.15, 0.2) is 24.3 Å². The van der Waals surface area contributed by atoms with Crippen molar-refractivity contribution in [3.05, 3.63) is 29.8 Å². The zero-order valence-corrected chi connectivity index (χ0v) is 19.9. The van der Waals surface area contributed by atoms with Gasteiger partial charge in [0.05, 0.1) is 36.8 Å². The Morgan fingerprint density at radius 1 is 1.21 bits per heavy atom. The number of carbonyl (C=O) groups excluding carboxylic acids is 1. The predicted molar refractivity (Wildman–Crippen MR) is 119 cm³/mol. The second-order valence-corrected chi connectivity index (χ2v) is 9.12. The first-order chi connectivity index (χ1) is 16.0. The molecular formula is C24H33N3O6. The van der Waals surface area contributed by atoms with Crippen LogP contribution >= 0.6 is 0 Å². The van der Waals surface area contributed by atoms with E-state index >= 15 is 0 Å². The lowest BCUT2D eigenvalue weighted by atomic mass is 9.66. The summed E-state index contributed by atoms with van der Waals surface area (Å²) in [4.78, 5) is 21.3. The van der Waals surface area contributed by atoms with Gasteiger partial charge in [-0.25, -0.2) is 0 Å². The molecule has 2 bridgehead atoms. The summed E-state index contributed by atoms with van der Waals surface area (Å²) in [6.45, 7) is 1.16. The molecule has 6 atom stereocenters. The lowest BCUT2D eigenvalue weighted by Gasteiger charge is -2.40. The standard InChI is InChI=1S/C24H33N3O6/c1-26-13-24(12-25)17(10-19(30-3)31-4)16(11-33-14-29-2)22(26)21(24)20-15-8-6-7-9-18(15)27(32-5)23(20)28/h6-9,16-17,19-22H,10-11,13-14H2,1-5H3/t16-,17-,20-,21-,22+,24-/m0/s1. The first-order valence-electron chi connectivity index (χ1n) is 11.2. The van der Waals surface area contributed by atoms with Crippen molar-refractivity contribution in [3.63, 3.8) is 0 Å². The Morgan fingerprint density at radius 3 is 2.58 bits per heavy atom. The van der Waals surface area contributed by atoms with Gasteiger partial charge in [0.15, 0.2) is 6.29 Å². The molecule has 0 radical (unpaired) electrons. The van der Waals surface area contributed by atoms with Gasteiger partial charge in [0.1, 0.15) is 6.79 Å². The molecule has 2 aliphatic heterocycles. The smallest absolute Gasteiger partial charge is 0.258 e. The predicted octanol–water partition coefficient (Wildman–Crippen LogP) is 1.99. The second kappa shape index (κ2) is 9.66. The summed E-state index contributed by atoms with van der Waals surface area (Å²) in [6.07, 6.45) is 0.0939. The first kappa shape index (κ1) is 24.1. The van der Waals surface area contributed by atoms with Crippen LogP contribution < -0.4 is 5.06 Å². The summed E-state index contributed by atoms with van der Waals surface area (Å²) in [7, 11) is 8.32. The monoisotopic (exact) mass is 459 g/mol. The van der Waals surface area contributed by atoms with E-state index in [1.807, 2.05) is 31.3 Å². The van der Waals surface area contributed by atoms with Crippen molar-refractivity contribution < 1.29 is 28.6 Å². The number of hydrogen-bond donors (Lipinski definition) is 0. The maximum absolute atomic E-state index is 13.6. The van der Waals surface area contributed by atoms with Crippen LogP contribution in [0.5, 0.6) is 0 Å². The van der Waals surface area contributed by atoms with E-state index in [-0.39, 0.29) is 36.5 Å². The molecule has 2 heterocycles. The van der Waals surface area contributed by atoms with E-state index in [2.05, 4.69) is 11.0 Å². The highest BCUT2D eigenvalue weighted by molar-refractivity contribution is 6.03. The van der Waals surface area contributed by atoms with Gasteiger partial charge in [-0.3, -0.25) is 9.63 Å². The molecule has 1 aromatic carbocycles. The zero-order chi connectivity index (χ0) is 23.8. The molecule has 1 aromatic rings. The highest BCUT2D eigenvalue weighted by atomic mass is 16.7. The van der Waals surface area contributed by atoms with Crippen LogP contribution in [0.4, 0.5) is 5.69 Å². The molecule has 9 heteroatoms. The summed E-state index contributed by atoms with van der Waals surface area (Å²) in [5.41, 5.74) is 0.876. The maximum atomic E-state index is 13.6. The first-order valence-corrected chi connectivity index (χ1v) is 11.2. The molecular weight excluding hydrogens is 426 g/mol. The molecule has 33 heavy (non-hydrogen) atoms. The summed E-state index contributed by atoms with van der Waals surface area (Å²) in [6, 6.07) is 10.3. The molecule has 1 saturated heterocycles. The number of likely N-dealkylation sites (tertiary alicyclic amines) is 1. The lowest BCUT2D eigenvalue weighted by molar-refractivity contribution is -0.132. The lowest BCUT2D eigenvalue weighted by Crippen LogP contribution is -2.47. The van der Waals surface area contributed by atoms with Crippen LogP contribution in [-0.4, -0.2) is 78.6 Å². The van der Waals surface area contributed by atoms with Crippen LogP contribution in [0.1, 0.15) is 17.9 Å². The van der Waals surface area contributed by atoms with E-state index in [0.717, 1.165) is 11.3 Å². The van der Waals surface area contributed by atoms with Crippen LogP contribution in [0.2, 0.25) is 0 Å². The number of fused-ring (bicyclic) bond motifs is 3. The molecule has 1 amide bonds. The Kier molecular flexibility index (Phi) is 7.05. The van der Waals surface area contributed by atoms with Crippen LogP contribution in [0.25, 0.3) is 0 Å². The Bertz CT molecular complexity index is 902. The number of hydroxylamine groups is 1. The van der Waals surface area contributed by atoms with Gasteiger partial charge < -0.3 is 23.8 Å². The minimum Gasteiger partial charge on any atom is -0.359 e. The number of nitrogens with zero attached hydrogens (tertiary/aromatic N) is 3. The van der Waals surface area contributed by atoms with Gasteiger partial charge in [-0.1, -0.05) is 18.2 Å². The normalized spacial score (nSPS) is 33.2. The number of methoxy groups -OCH3 is 3. The Labute approximate surface area is 195 Å². The van der Waals surface area contributed by atoms with Crippen LogP contribution in [-0.2, 0) is 28.6 Å². The number of rotatable bonds is 10. The van der Waals surface area contributed by atoms with Gasteiger partial charge >= 0.3 is 0 Å². The fraction of sp³-hybridized carbons (Fsp3) is 0.667. The van der Waals surface area contributed by atoms with Crippen molar-refractivity contribution in [2.45, 2.75) is 24.7 Å². The molecule has 0 aromatic heterocycles. The minimum absolute atomic E-state index is 0.00732. The summed E-state index contributed by atoms with van der Waals surface area (Å²) >= 11 is 0. The van der Waals surface area contributed by atoms with Gasteiger partial charge in [0, 0.05) is 52.2 Å². The molecule has 9 nitrogen and oxygen atoms in total. The quantitative estimate of drug-likeness (QED) is 0.387. The third kappa shape index (κ3) is 3.66. The van der Waals surface area contributed by atoms with Gasteiger partial charge in [0.25, 0.3) is 5.91 Å². The Hall–Kier alpha value is -2.06. The summed E-state index contributed by atoms with van der Waals surface area (Å²) in [5, 5.41) is 12.0. The van der Waals surface area contributed by atoms with Crippen molar-refractivity contribution in [1.82, 2.24) is 4.90 Å². The third-order valence-corrected chi connectivity index (χ3v) is 7.79. The Morgan fingerprint density at radius 2 is 1.94 bits per heavy atom. The number of nitriles is 1. The number of hydrogen-bond acceptors (Lipinski definition) is 8. The second-order valence-electron chi connectivity index (χ2n) is 9.12. The summed E-state index contributed by atoms with van der Waals surface area (Å²) in [5.74, 6) is -0.901. The number of anilines is 1. The number of piperidine rings is 1. The zero-order valence-electron chi connectivity index (χ0n) is 19.9. The van der Waals surface area contributed by atoms with Gasteiger partial charge in [0.2, 0.25) is 0 Å². The molecule has 0 spiro atoms. The average Bonchev–Trinajstić information content (AvgIpc) is 3.37. The maximum Gasteiger partial charge on any atom is 0.258 e. The van der Waals surface area contributed by atoms with Gasteiger partial charge in [-0.15, -0.1) is 0 Å². The molecule has 0 unspecified atom stereocenters. The molecule has 180 valence electrons. The molecule has 1 saturated carbocycles. The highest BCUT2D eigenvalue weighted by Crippen LogP contribution is 2.65. The van der Waals surface area contributed by atoms with E-state index in [9.17, 15) is 10.1 Å². The Balaban J connectivity index is 1.80. The minimum atomic E-state index is -0.771. The third-order valence-electron chi connectivity index (χ3n) is 7.79.